The molecule has 1 aromatic rings. The zero-order valence-corrected chi connectivity index (χ0v) is 11.4. The Kier molecular flexibility index (Phi) is 5.68. The summed E-state index contributed by atoms with van der Waals surface area (Å²) in [6.07, 6.45) is -0.612. The standard InChI is InChI=1S/C14H18N2O3/c1-10(2)11-4-5-13(18-3)12(8-11)9-19-14(17)16-7-6-15/h4-5,8,10H,7,9H2,1-3H3,(H,16,17). The lowest BCUT2D eigenvalue weighted by atomic mass is 10.0. The van der Waals surface area contributed by atoms with E-state index in [1.807, 2.05) is 18.2 Å². The molecule has 0 unspecified atom stereocenters. The van der Waals surface area contributed by atoms with Crippen LogP contribution in [-0.4, -0.2) is 19.7 Å². The smallest absolute Gasteiger partial charge is 0.408 e. The normalized spacial score (nSPS) is 9.84. The van der Waals surface area contributed by atoms with Gasteiger partial charge in [0.25, 0.3) is 0 Å². The molecule has 0 fully saturated rings. The number of carbonyl (C=O) groups is 1. The molecule has 0 spiro atoms. The van der Waals surface area contributed by atoms with Crippen LogP contribution in [0.4, 0.5) is 4.79 Å². The molecular formula is C14H18N2O3. The Labute approximate surface area is 113 Å². The second-order valence-electron chi connectivity index (χ2n) is 4.31. The van der Waals surface area contributed by atoms with Crippen LogP contribution in [0.5, 0.6) is 5.75 Å². The van der Waals surface area contributed by atoms with E-state index in [2.05, 4.69) is 19.2 Å². The zero-order chi connectivity index (χ0) is 14.3. The summed E-state index contributed by atoms with van der Waals surface area (Å²) in [7, 11) is 1.57. The van der Waals surface area contributed by atoms with E-state index in [0.29, 0.717) is 11.7 Å². The molecule has 1 amide bonds. The monoisotopic (exact) mass is 262 g/mol. The third kappa shape index (κ3) is 4.51. The highest BCUT2D eigenvalue weighted by Gasteiger charge is 2.09. The van der Waals surface area contributed by atoms with E-state index in [4.69, 9.17) is 14.7 Å². The van der Waals surface area contributed by atoms with Gasteiger partial charge in [0.05, 0.1) is 13.2 Å². The van der Waals surface area contributed by atoms with Crippen LogP contribution in [0.3, 0.4) is 0 Å². The maximum Gasteiger partial charge on any atom is 0.408 e. The van der Waals surface area contributed by atoms with Crippen molar-refractivity contribution in [2.45, 2.75) is 26.4 Å². The first-order chi connectivity index (χ1) is 9.08. The van der Waals surface area contributed by atoms with E-state index in [9.17, 15) is 4.79 Å². The number of rotatable bonds is 5. The molecule has 1 rings (SSSR count). The Morgan fingerprint density at radius 1 is 1.47 bits per heavy atom. The van der Waals surface area contributed by atoms with Crippen LogP contribution >= 0.6 is 0 Å². The quantitative estimate of drug-likeness (QED) is 0.828. The van der Waals surface area contributed by atoms with Crippen LogP contribution < -0.4 is 10.1 Å². The summed E-state index contributed by atoms with van der Waals surface area (Å²) in [5, 5.41) is 10.7. The molecule has 0 radical (unpaired) electrons. The molecule has 0 bridgehead atoms. The summed E-state index contributed by atoms with van der Waals surface area (Å²) in [4.78, 5) is 11.3. The lowest BCUT2D eigenvalue weighted by Crippen LogP contribution is -2.24. The molecule has 5 nitrogen and oxygen atoms in total. The number of amides is 1. The summed E-state index contributed by atoms with van der Waals surface area (Å²) < 4.78 is 10.3. The molecule has 5 heteroatoms. The molecule has 0 aliphatic rings. The number of nitrogens with zero attached hydrogens (tertiary/aromatic N) is 1. The number of ether oxygens (including phenoxy) is 2. The minimum absolute atomic E-state index is 0.0675. The number of nitriles is 1. The maximum atomic E-state index is 11.3. The first-order valence-electron chi connectivity index (χ1n) is 6.02. The number of methoxy groups -OCH3 is 1. The van der Waals surface area contributed by atoms with E-state index < -0.39 is 6.09 Å². The first kappa shape index (κ1) is 14.8. The fraction of sp³-hybridized carbons (Fsp3) is 0.429. The van der Waals surface area contributed by atoms with Crippen molar-refractivity contribution in [3.63, 3.8) is 0 Å². The molecule has 0 atom stereocenters. The van der Waals surface area contributed by atoms with E-state index in [-0.39, 0.29) is 13.2 Å². The topological polar surface area (TPSA) is 71.3 Å². The second-order valence-corrected chi connectivity index (χ2v) is 4.31. The van der Waals surface area contributed by atoms with Crippen LogP contribution in [0.25, 0.3) is 0 Å². The molecule has 102 valence electrons. The number of carbonyl (C=O) groups excluding carboxylic acids is 1. The maximum absolute atomic E-state index is 11.3. The van der Waals surface area contributed by atoms with Gasteiger partial charge in [-0.2, -0.15) is 5.26 Å². The van der Waals surface area contributed by atoms with Crippen molar-refractivity contribution < 1.29 is 14.3 Å². The number of nitrogens with one attached hydrogen (secondary N) is 1. The van der Waals surface area contributed by atoms with Crippen molar-refractivity contribution in [1.82, 2.24) is 5.32 Å². The van der Waals surface area contributed by atoms with Gasteiger partial charge in [0, 0.05) is 5.56 Å². The predicted molar refractivity (Wildman–Crippen MR) is 70.9 cm³/mol. The van der Waals surface area contributed by atoms with E-state index in [1.165, 1.54) is 0 Å². The fourth-order valence-corrected chi connectivity index (χ4v) is 1.58. The number of alkyl carbamates (subject to hydrolysis) is 1. The Morgan fingerprint density at radius 2 is 2.21 bits per heavy atom. The molecule has 0 saturated carbocycles. The SMILES string of the molecule is COc1ccc(C(C)C)cc1COC(=O)NCC#N. The highest BCUT2D eigenvalue weighted by atomic mass is 16.5. The fourth-order valence-electron chi connectivity index (χ4n) is 1.58. The van der Waals surface area contributed by atoms with Gasteiger partial charge in [-0.3, -0.25) is 0 Å². The van der Waals surface area contributed by atoms with Gasteiger partial charge in [-0.15, -0.1) is 0 Å². The lowest BCUT2D eigenvalue weighted by molar-refractivity contribution is 0.140. The van der Waals surface area contributed by atoms with Crippen molar-refractivity contribution in [3.8, 4) is 11.8 Å². The van der Waals surface area contributed by atoms with E-state index in [0.717, 1.165) is 11.1 Å². The van der Waals surface area contributed by atoms with Gasteiger partial charge >= 0.3 is 6.09 Å². The molecule has 1 aromatic carbocycles. The third-order valence-electron chi connectivity index (χ3n) is 2.64. The van der Waals surface area contributed by atoms with Gasteiger partial charge in [0.15, 0.2) is 0 Å². The minimum Gasteiger partial charge on any atom is -0.496 e. The van der Waals surface area contributed by atoms with Gasteiger partial charge < -0.3 is 14.8 Å². The van der Waals surface area contributed by atoms with Gasteiger partial charge in [0.2, 0.25) is 0 Å². The molecule has 0 aliphatic heterocycles. The highest BCUT2D eigenvalue weighted by molar-refractivity contribution is 5.67. The molecule has 0 aliphatic carbocycles. The lowest BCUT2D eigenvalue weighted by Gasteiger charge is -2.13. The molecule has 19 heavy (non-hydrogen) atoms. The Morgan fingerprint density at radius 3 is 2.79 bits per heavy atom. The molecule has 0 aromatic heterocycles. The Bertz CT molecular complexity index is 478. The van der Waals surface area contributed by atoms with E-state index in [1.54, 1.807) is 13.2 Å². The molecule has 0 heterocycles. The molecule has 0 saturated heterocycles. The van der Waals surface area contributed by atoms with Crippen LogP contribution in [0, 0.1) is 11.3 Å². The molecule has 1 N–H and O–H groups in total. The number of hydrogen-bond acceptors (Lipinski definition) is 4. The first-order valence-corrected chi connectivity index (χ1v) is 6.02. The van der Waals surface area contributed by atoms with Gasteiger partial charge in [-0.1, -0.05) is 19.9 Å². The molecular weight excluding hydrogens is 244 g/mol. The van der Waals surface area contributed by atoms with Crippen molar-refractivity contribution >= 4 is 6.09 Å². The van der Waals surface area contributed by atoms with Crippen LogP contribution in [0.1, 0.15) is 30.9 Å². The number of benzene rings is 1. The van der Waals surface area contributed by atoms with Crippen molar-refractivity contribution in [3.05, 3.63) is 29.3 Å². The highest BCUT2D eigenvalue weighted by Crippen LogP contribution is 2.24. The largest absolute Gasteiger partial charge is 0.496 e. The van der Waals surface area contributed by atoms with Crippen molar-refractivity contribution in [2.75, 3.05) is 13.7 Å². The summed E-state index contributed by atoms with van der Waals surface area (Å²) in [6, 6.07) is 7.62. The Balaban J connectivity index is 2.73. The van der Waals surface area contributed by atoms with Gasteiger partial charge in [0.1, 0.15) is 18.9 Å². The minimum atomic E-state index is -0.612. The van der Waals surface area contributed by atoms with Crippen molar-refractivity contribution in [1.29, 1.82) is 5.26 Å². The van der Waals surface area contributed by atoms with Gasteiger partial charge in [-0.25, -0.2) is 4.79 Å². The van der Waals surface area contributed by atoms with Crippen LogP contribution in [0.15, 0.2) is 18.2 Å². The predicted octanol–water partition coefficient (Wildman–Crippen LogP) is 2.57. The average molecular weight is 262 g/mol. The van der Waals surface area contributed by atoms with Crippen LogP contribution in [0.2, 0.25) is 0 Å². The van der Waals surface area contributed by atoms with Gasteiger partial charge in [-0.05, 0) is 23.6 Å². The van der Waals surface area contributed by atoms with E-state index >= 15 is 0 Å². The average Bonchev–Trinajstić information content (AvgIpc) is 2.42. The summed E-state index contributed by atoms with van der Waals surface area (Å²) in [6.45, 7) is 4.22. The van der Waals surface area contributed by atoms with Crippen molar-refractivity contribution in [2.24, 2.45) is 0 Å². The third-order valence-corrected chi connectivity index (χ3v) is 2.64. The summed E-state index contributed by atoms with van der Waals surface area (Å²) in [5.74, 6) is 1.06. The summed E-state index contributed by atoms with van der Waals surface area (Å²) in [5.41, 5.74) is 1.96. The van der Waals surface area contributed by atoms with Crippen LogP contribution in [-0.2, 0) is 11.3 Å². The second kappa shape index (κ2) is 7.27. The number of hydrogen-bond donors (Lipinski definition) is 1. The zero-order valence-electron chi connectivity index (χ0n) is 11.4. The Hall–Kier alpha value is -2.22. The summed E-state index contributed by atoms with van der Waals surface area (Å²) >= 11 is 0.